The van der Waals surface area contributed by atoms with Crippen LogP contribution in [0.15, 0.2) is 65.8 Å². The molecule has 3 aromatic rings. The number of halogens is 1. The maximum atomic E-state index is 14.0. The lowest BCUT2D eigenvalue weighted by molar-refractivity contribution is 0.217. The summed E-state index contributed by atoms with van der Waals surface area (Å²) < 4.78 is 41.4. The molecule has 1 aromatic heterocycles. The Morgan fingerprint density at radius 1 is 1.15 bits per heavy atom. The van der Waals surface area contributed by atoms with Gasteiger partial charge in [0.05, 0.1) is 17.3 Å². The van der Waals surface area contributed by atoms with Gasteiger partial charge in [0.15, 0.2) is 0 Å². The van der Waals surface area contributed by atoms with Gasteiger partial charge < -0.3 is 10.1 Å². The second-order valence-corrected chi connectivity index (χ2v) is 7.15. The van der Waals surface area contributed by atoms with Crippen LogP contribution < -0.4 is 4.72 Å². The normalized spacial score (nSPS) is 12.3. The van der Waals surface area contributed by atoms with Crippen LogP contribution in [0, 0.1) is 17.1 Å². The van der Waals surface area contributed by atoms with Crippen molar-refractivity contribution in [3.8, 4) is 6.07 Å². The zero-order valence-corrected chi connectivity index (χ0v) is 14.2. The summed E-state index contributed by atoms with van der Waals surface area (Å²) in [5.74, 6) is -0.867. The third-order valence-electron chi connectivity index (χ3n) is 3.78. The van der Waals surface area contributed by atoms with E-state index < -0.39 is 21.9 Å². The van der Waals surface area contributed by atoms with Gasteiger partial charge in [0.2, 0.25) is 0 Å². The number of benzene rings is 2. The fourth-order valence-electron chi connectivity index (χ4n) is 2.49. The van der Waals surface area contributed by atoms with Gasteiger partial charge in [-0.05, 0) is 23.8 Å². The SMILES string of the molecule is N#Cc1ccc(NS(=O)(=O)c2c[nH]cc2C(O)c2ccccc2)c(F)c1. The third-order valence-corrected chi connectivity index (χ3v) is 5.20. The molecule has 1 unspecified atom stereocenters. The van der Waals surface area contributed by atoms with E-state index >= 15 is 0 Å². The molecule has 0 radical (unpaired) electrons. The van der Waals surface area contributed by atoms with E-state index in [0.29, 0.717) is 5.56 Å². The molecule has 0 bridgehead atoms. The molecule has 26 heavy (non-hydrogen) atoms. The van der Waals surface area contributed by atoms with Crippen LogP contribution in [-0.4, -0.2) is 18.5 Å². The van der Waals surface area contributed by atoms with E-state index in [1.54, 1.807) is 36.4 Å². The minimum absolute atomic E-state index is 0.0762. The van der Waals surface area contributed by atoms with Crippen LogP contribution in [0.25, 0.3) is 0 Å². The van der Waals surface area contributed by atoms with Crippen LogP contribution in [0.5, 0.6) is 0 Å². The number of sulfonamides is 1. The molecule has 0 aliphatic rings. The Morgan fingerprint density at radius 2 is 1.88 bits per heavy atom. The van der Waals surface area contributed by atoms with E-state index in [-0.39, 0.29) is 21.7 Å². The molecule has 0 fully saturated rings. The monoisotopic (exact) mass is 371 g/mol. The van der Waals surface area contributed by atoms with Crippen LogP contribution in [0.4, 0.5) is 10.1 Å². The number of nitrogens with zero attached hydrogens (tertiary/aromatic N) is 1. The summed E-state index contributed by atoms with van der Waals surface area (Å²) in [4.78, 5) is 2.46. The number of aromatic amines is 1. The molecule has 0 spiro atoms. The quantitative estimate of drug-likeness (QED) is 0.641. The molecule has 1 atom stereocenters. The van der Waals surface area contributed by atoms with Crippen molar-refractivity contribution in [1.82, 2.24) is 4.98 Å². The lowest BCUT2D eigenvalue weighted by Crippen LogP contribution is -2.16. The Bertz CT molecular complexity index is 1070. The van der Waals surface area contributed by atoms with Gasteiger partial charge >= 0.3 is 0 Å². The van der Waals surface area contributed by atoms with Gasteiger partial charge in [-0.2, -0.15) is 5.26 Å². The number of anilines is 1. The molecule has 0 saturated heterocycles. The van der Waals surface area contributed by atoms with Crippen molar-refractivity contribution in [3.63, 3.8) is 0 Å². The number of aliphatic hydroxyl groups excluding tert-OH is 1. The molecule has 0 aliphatic carbocycles. The predicted octanol–water partition coefficient (Wildman–Crippen LogP) is 2.91. The highest BCUT2D eigenvalue weighted by atomic mass is 32.2. The maximum absolute atomic E-state index is 14.0. The van der Waals surface area contributed by atoms with Crippen molar-refractivity contribution in [3.05, 3.63) is 83.4 Å². The summed E-state index contributed by atoms with van der Waals surface area (Å²) in [7, 11) is -4.16. The molecule has 0 aliphatic heterocycles. The van der Waals surface area contributed by atoms with Gasteiger partial charge in [0.1, 0.15) is 16.8 Å². The van der Waals surface area contributed by atoms with E-state index in [9.17, 15) is 17.9 Å². The van der Waals surface area contributed by atoms with Crippen molar-refractivity contribution in [2.75, 3.05) is 4.72 Å². The molecule has 8 heteroatoms. The van der Waals surface area contributed by atoms with Gasteiger partial charge in [-0.25, -0.2) is 12.8 Å². The largest absolute Gasteiger partial charge is 0.384 e. The van der Waals surface area contributed by atoms with Gasteiger partial charge in [-0.15, -0.1) is 0 Å². The van der Waals surface area contributed by atoms with Crippen molar-refractivity contribution in [1.29, 1.82) is 5.26 Å². The minimum Gasteiger partial charge on any atom is -0.384 e. The average Bonchev–Trinajstić information content (AvgIpc) is 3.14. The van der Waals surface area contributed by atoms with Crippen LogP contribution in [0.1, 0.15) is 22.8 Å². The Labute approximate surface area is 149 Å². The number of aromatic nitrogens is 1. The number of hydrogen-bond acceptors (Lipinski definition) is 4. The summed E-state index contributed by atoms with van der Waals surface area (Å²) in [6, 6.07) is 13.8. The summed E-state index contributed by atoms with van der Waals surface area (Å²) in [5, 5.41) is 19.2. The van der Waals surface area contributed by atoms with Crippen LogP contribution in [0.3, 0.4) is 0 Å². The second-order valence-electron chi connectivity index (χ2n) is 5.50. The molecule has 1 heterocycles. The topological polar surface area (TPSA) is 106 Å². The van der Waals surface area contributed by atoms with E-state index in [1.165, 1.54) is 24.5 Å². The average molecular weight is 371 g/mol. The third kappa shape index (κ3) is 3.44. The molecule has 2 aromatic carbocycles. The van der Waals surface area contributed by atoms with E-state index in [2.05, 4.69) is 9.71 Å². The van der Waals surface area contributed by atoms with E-state index in [4.69, 9.17) is 5.26 Å². The van der Waals surface area contributed by atoms with Crippen molar-refractivity contribution < 1.29 is 17.9 Å². The van der Waals surface area contributed by atoms with Crippen molar-refractivity contribution in [2.24, 2.45) is 0 Å². The van der Waals surface area contributed by atoms with Crippen molar-refractivity contribution >= 4 is 15.7 Å². The zero-order valence-electron chi connectivity index (χ0n) is 13.3. The molecule has 0 amide bonds. The first-order valence-electron chi connectivity index (χ1n) is 7.54. The molecule has 3 rings (SSSR count). The van der Waals surface area contributed by atoms with Gasteiger partial charge in [-0.3, -0.25) is 4.72 Å². The van der Waals surface area contributed by atoms with Gasteiger partial charge in [0.25, 0.3) is 10.0 Å². The van der Waals surface area contributed by atoms with Gasteiger partial charge in [0, 0.05) is 18.0 Å². The predicted molar refractivity (Wildman–Crippen MR) is 93.2 cm³/mol. The molecule has 0 saturated carbocycles. The molecule has 132 valence electrons. The first-order chi connectivity index (χ1) is 12.4. The Morgan fingerprint density at radius 3 is 2.54 bits per heavy atom. The highest BCUT2D eigenvalue weighted by molar-refractivity contribution is 7.92. The smallest absolute Gasteiger partial charge is 0.263 e. The Kier molecular flexibility index (Phi) is 4.75. The van der Waals surface area contributed by atoms with Crippen LogP contribution >= 0.6 is 0 Å². The van der Waals surface area contributed by atoms with Gasteiger partial charge in [-0.1, -0.05) is 30.3 Å². The standard InChI is InChI=1S/C18H14FN3O3S/c19-15-8-12(9-20)6-7-16(15)22-26(24,25)17-11-21-10-14(17)18(23)13-4-2-1-3-5-13/h1-8,10-11,18,21-23H. The number of nitriles is 1. The maximum Gasteiger partial charge on any atom is 0.263 e. The molecular weight excluding hydrogens is 357 g/mol. The minimum atomic E-state index is -4.16. The first kappa shape index (κ1) is 17.7. The summed E-state index contributed by atoms with van der Waals surface area (Å²) in [5.41, 5.74) is 0.448. The fourth-order valence-corrected chi connectivity index (χ4v) is 3.76. The molecular formula is C18H14FN3O3S. The zero-order chi connectivity index (χ0) is 18.7. The molecule has 6 nitrogen and oxygen atoms in total. The van der Waals surface area contributed by atoms with E-state index in [0.717, 1.165) is 6.07 Å². The second kappa shape index (κ2) is 7.00. The number of nitrogens with one attached hydrogen (secondary N) is 2. The number of aliphatic hydroxyl groups is 1. The number of H-pyrrole nitrogens is 1. The highest BCUT2D eigenvalue weighted by Crippen LogP contribution is 2.29. The lowest BCUT2D eigenvalue weighted by atomic mass is 10.0. The number of rotatable bonds is 5. The van der Waals surface area contributed by atoms with Crippen molar-refractivity contribution in [2.45, 2.75) is 11.0 Å². The highest BCUT2D eigenvalue weighted by Gasteiger charge is 2.25. The lowest BCUT2D eigenvalue weighted by Gasteiger charge is -2.14. The summed E-state index contributed by atoms with van der Waals surface area (Å²) >= 11 is 0. The van der Waals surface area contributed by atoms with Crippen LogP contribution in [0.2, 0.25) is 0 Å². The first-order valence-corrected chi connectivity index (χ1v) is 9.03. The Balaban J connectivity index is 1.95. The summed E-state index contributed by atoms with van der Waals surface area (Å²) in [6.07, 6.45) is 1.42. The Hall–Kier alpha value is -3.15. The fraction of sp³-hybridized carbons (Fsp3) is 0.0556. The van der Waals surface area contributed by atoms with E-state index in [1.807, 2.05) is 0 Å². The van der Waals surface area contributed by atoms with Crippen LogP contribution in [-0.2, 0) is 10.0 Å². The molecule has 3 N–H and O–H groups in total. The summed E-state index contributed by atoms with van der Waals surface area (Å²) in [6.45, 7) is 0. The number of hydrogen-bond donors (Lipinski definition) is 3.